The number of carbonyl (C=O) groups excluding carboxylic acids is 3. The Morgan fingerprint density at radius 3 is 2.41 bits per heavy atom. The highest BCUT2D eigenvalue weighted by Gasteiger charge is 2.47. The molecule has 1 unspecified atom stereocenters. The van der Waals surface area contributed by atoms with Gasteiger partial charge in [-0.05, 0) is 71.2 Å². The van der Waals surface area contributed by atoms with Gasteiger partial charge in [0.2, 0.25) is 0 Å². The number of benzene rings is 3. The lowest BCUT2D eigenvalue weighted by Gasteiger charge is -2.26. The van der Waals surface area contributed by atoms with Crippen molar-refractivity contribution >= 4 is 45.0 Å². The van der Waals surface area contributed by atoms with E-state index < -0.39 is 17.7 Å². The van der Waals surface area contributed by atoms with Gasteiger partial charge in [-0.3, -0.25) is 19.3 Å². The minimum absolute atomic E-state index is 0.0109. The van der Waals surface area contributed by atoms with Crippen LogP contribution in [0.25, 0.3) is 5.76 Å². The van der Waals surface area contributed by atoms with E-state index >= 15 is 0 Å². The normalized spacial score (nSPS) is 16.6. The summed E-state index contributed by atoms with van der Waals surface area (Å²) >= 11 is 3.41. The maximum atomic E-state index is 13.4. The van der Waals surface area contributed by atoms with Crippen molar-refractivity contribution in [1.82, 2.24) is 0 Å². The van der Waals surface area contributed by atoms with Crippen molar-refractivity contribution in [2.45, 2.75) is 26.3 Å². The smallest absolute Gasteiger partial charge is 0.310 e. The van der Waals surface area contributed by atoms with Gasteiger partial charge in [0.15, 0.2) is 0 Å². The first-order valence-electron chi connectivity index (χ1n) is 11.7. The van der Waals surface area contributed by atoms with Gasteiger partial charge in [-0.1, -0.05) is 42.0 Å². The van der Waals surface area contributed by atoms with E-state index in [4.69, 9.17) is 9.47 Å². The van der Waals surface area contributed by atoms with Crippen LogP contribution in [0.15, 0.2) is 76.8 Å². The lowest BCUT2D eigenvalue weighted by molar-refractivity contribution is -0.142. The molecule has 1 aliphatic rings. The van der Waals surface area contributed by atoms with Crippen molar-refractivity contribution < 1.29 is 29.0 Å². The quantitative estimate of drug-likeness (QED) is 0.176. The van der Waals surface area contributed by atoms with Crippen LogP contribution in [0.5, 0.6) is 5.75 Å². The number of hydrogen-bond donors (Lipinski definition) is 1. The van der Waals surface area contributed by atoms with Gasteiger partial charge in [0.25, 0.3) is 11.7 Å². The fourth-order valence-corrected chi connectivity index (χ4v) is 4.92. The van der Waals surface area contributed by atoms with Crippen LogP contribution in [-0.4, -0.2) is 36.5 Å². The Labute approximate surface area is 223 Å². The molecule has 1 aliphatic heterocycles. The Balaban J connectivity index is 1.82. The number of halogens is 1. The van der Waals surface area contributed by atoms with E-state index in [-0.39, 0.29) is 23.7 Å². The average Bonchev–Trinajstić information content (AvgIpc) is 3.14. The van der Waals surface area contributed by atoms with Crippen molar-refractivity contribution in [2.75, 3.05) is 18.6 Å². The largest absolute Gasteiger partial charge is 0.507 e. The van der Waals surface area contributed by atoms with Crippen LogP contribution in [0.4, 0.5) is 5.69 Å². The first kappa shape index (κ1) is 26.2. The highest BCUT2D eigenvalue weighted by Crippen LogP contribution is 2.43. The van der Waals surface area contributed by atoms with Gasteiger partial charge >= 0.3 is 5.97 Å². The summed E-state index contributed by atoms with van der Waals surface area (Å²) in [6.45, 7) is 3.96. The predicted molar refractivity (Wildman–Crippen MR) is 143 cm³/mol. The molecule has 4 rings (SSSR count). The molecule has 3 aromatic rings. The molecule has 0 radical (unpaired) electrons. The van der Waals surface area contributed by atoms with Gasteiger partial charge in [0.1, 0.15) is 11.5 Å². The van der Waals surface area contributed by atoms with Crippen molar-refractivity contribution in [3.63, 3.8) is 0 Å². The first-order chi connectivity index (χ1) is 17.7. The van der Waals surface area contributed by atoms with E-state index in [1.165, 1.54) is 12.0 Å². The molecule has 1 atom stereocenters. The number of methoxy groups -OCH3 is 1. The van der Waals surface area contributed by atoms with Crippen molar-refractivity contribution in [3.05, 3.63) is 99.0 Å². The number of hydrogen-bond acceptors (Lipinski definition) is 6. The lowest BCUT2D eigenvalue weighted by atomic mass is 9.94. The number of rotatable bonds is 7. The molecule has 190 valence electrons. The number of aliphatic hydroxyl groups excluding tert-OH is 1. The summed E-state index contributed by atoms with van der Waals surface area (Å²) in [7, 11) is 1.53. The third-order valence-corrected chi connectivity index (χ3v) is 6.72. The molecule has 1 N–H and O–H groups in total. The number of ketones is 1. The van der Waals surface area contributed by atoms with Crippen molar-refractivity contribution in [2.24, 2.45) is 0 Å². The summed E-state index contributed by atoms with van der Waals surface area (Å²) < 4.78 is 10.9. The molecule has 0 aliphatic carbocycles. The molecule has 0 aromatic heterocycles. The number of esters is 1. The van der Waals surface area contributed by atoms with Gasteiger partial charge in [-0.25, -0.2) is 0 Å². The van der Waals surface area contributed by atoms with Gasteiger partial charge < -0.3 is 14.6 Å². The number of carbonyl (C=O) groups is 3. The highest BCUT2D eigenvalue weighted by atomic mass is 79.9. The lowest BCUT2D eigenvalue weighted by Crippen LogP contribution is -2.29. The van der Waals surface area contributed by atoms with Gasteiger partial charge in [0.05, 0.1) is 36.2 Å². The molecule has 0 saturated carbocycles. The second-order valence-corrected chi connectivity index (χ2v) is 9.44. The maximum absolute atomic E-state index is 13.4. The minimum Gasteiger partial charge on any atom is -0.507 e. The molecular weight excluding hydrogens is 538 g/mol. The number of ether oxygens (including phenoxy) is 2. The molecule has 1 saturated heterocycles. The maximum Gasteiger partial charge on any atom is 0.310 e. The first-order valence-corrected chi connectivity index (χ1v) is 12.5. The Hall–Kier alpha value is -3.91. The number of aryl methyl sites for hydroxylation is 1. The van der Waals surface area contributed by atoms with E-state index in [1.807, 2.05) is 31.2 Å². The molecule has 1 fully saturated rings. The fourth-order valence-electron chi connectivity index (χ4n) is 4.38. The zero-order valence-corrected chi connectivity index (χ0v) is 22.2. The van der Waals surface area contributed by atoms with Gasteiger partial charge in [-0.2, -0.15) is 0 Å². The van der Waals surface area contributed by atoms with Crippen molar-refractivity contribution in [1.29, 1.82) is 0 Å². The molecule has 8 heteroatoms. The topological polar surface area (TPSA) is 93.1 Å². The SMILES string of the molecule is CCOC(=O)Cc1ccc(N2C(=O)C(=O)/C(=C(\O)c3ccc(OC)c(Br)c3)C2c2cccc(C)c2)cc1. The second kappa shape index (κ2) is 11.0. The summed E-state index contributed by atoms with van der Waals surface area (Å²) in [4.78, 5) is 40.0. The Morgan fingerprint density at radius 2 is 1.78 bits per heavy atom. The van der Waals surface area contributed by atoms with E-state index in [2.05, 4.69) is 15.9 Å². The Kier molecular flexibility index (Phi) is 7.78. The summed E-state index contributed by atoms with van der Waals surface area (Å²) in [5.74, 6) is -1.60. The van der Waals surface area contributed by atoms with Crippen LogP contribution in [0, 0.1) is 6.92 Å². The molecule has 37 heavy (non-hydrogen) atoms. The monoisotopic (exact) mass is 563 g/mol. The van der Waals surface area contributed by atoms with Crippen LogP contribution in [-0.2, 0) is 25.5 Å². The molecule has 1 heterocycles. The Bertz CT molecular complexity index is 1400. The summed E-state index contributed by atoms with van der Waals surface area (Å²) in [6, 6.07) is 18.4. The third kappa shape index (κ3) is 5.29. The van der Waals surface area contributed by atoms with E-state index in [0.29, 0.717) is 39.2 Å². The van der Waals surface area contributed by atoms with Gasteiger partial charge in [-0.15, -0.1) is 0 Å². The van der Waals surface area contributed by atoms with Crippen LogP contribution in [0.1, 0.15) is 35.2 Å². The zero-order valence-electron chi connectivity index (χ0n) is 20.7. The number of anilines is 1. The number of Topliss-reactive ketones (excluding diaryl/α,β-unsaturated/α-hetero) is 1. The van der Waals surface area contributed by atoms with E-state index in [9.17, 15) is 19.5 Å². The number of aliphatic hydroxyl groups is 1. The molecule has 7 nitrogen and oxygen atoms in total. The molecule has 1 amide bonds. The van der Waals surface area contributed by atoms with E-state index in [0.717, 1.165) is 5.56 Å². The van der Waals surface area contributed by atoms with Gasteiger partial charge in [0, 0.05) is 11.3 Å². The molecule has 0 bridgehead atoms. The van der Waals surface area contributed by atoms with Crippen molar-refractivity contribution in [3.8, 4) is 5.75 Å². The fraction of sp³-hybridized carbons (Fsp3) is 0.207. The standard InChI is InChI=1S/C29H26BrNO6/c1-4-37-24(32)15-18-8-11-21(12-9-18)31-26(19-7-5-6-17(2)14-19)25(28(34)29(31)35)27(33)20-10-13-23(36-3)22(30)16-20/h5-14,16,26,33H,4,15H2,1-3H3/b27-25-. The number of nitrogens with zero attached hydrogens (tertiary/aromatic N) is 1. The molecule has 3 aromatic carbocycles. The zero-order chi connectivity index (χ0) is 26.7. The van der Waals surface area contributed by atoms with Crippen LogP contribution in [0.2, 0.25) is 0 Å². The van der Waals surface area contributed by atoms with Crippen LogP contribution >= 0.6 is 15.9 Å². The van der Waals surface area contributed by atoms with Crippen LogP contribution < -0.4 is 9.64 Å². The molecule has 0 spiro atoms. The van der Waals surface area contributed by atoms with E-state index in [1.54, 1.807) is 49.4 Å². The summed E-state index contributed by atoms with van der Waals surface area (Å²) in [5, 5.41) is 11.3. The number of amides is 1. The highest BCUT2D eigenvalue weighted by molar-refractivity contribution is 9.10. The minimum atomic E-state index is -0.850. The summed E-state index contributed by atoms with van der Waals surface area (Å²) in [6.07, 6.45) is 0.0978. The van der Waals surface area contributed by atoms with Crippen LogP contribution in [0.3, 0.4) is 0 Å². The Morgan fingerprint density at radius 1 is 1.05 bits per heavy atom. The summed E-state index contributed by atoms with van der Waals surface area (Å²) in [5.41, 5.74) is 3.17. The molecular formula is C29H26BrNO6. The predicted octanol–water partition coefficient (Wildman–Crippen LogP) is 5.50. The second-order valence-electron chi connectivity index (χ2n) is 8.58. The average molecular weight is 564 g/mol. The third-order valence-electron chi connectivity index (χ3n) is 6.10.